The van der Waals surface area contributed by atoms with Crippen LogP contribution in [0.2, 0.25) is 10.0 Å². The molecule has 19 heavy (non-hydrogen) atoms. The van der Waals surface area contributed by atoms with E-state index >= 15 is 0 Å². The second-order valence-electron chi connectivity index (χ2n) is 4.35. The van der Waals surface area contributed by atoms with E-state index in [1.54, 1.807) is 30.1 Å². The Kier molecular flexibility index (Phi) is 6.07. The van der Waals surface area contributed by atoms with Gasteiger partial charge in [0.2, 0.25) is 5.91 Å². The Morgan fingerprint density at radius 1 is 1.47 bits per heavy atom. The fourth-order valence-corrected chi connectivity index (χ4v) is 2.32. The van der Waals surface area contributed by atoms with E-state index < -0.39 is 6.04 Å². The van der Waals surface area contributed by atoms with Gasteiger partial charge in [-0.3, -0.25) is 4.79 Å². The molecule has 2 atom stereocenters. The van der Waals surface area contributed by atoms with Crippen molar-refractivity contribution < 1.29 is 9.53 Å². The zero-order valence-electron chi connectivity index (χ0n) is 11.2. The number of halogens is 2. The van der Waals surface area contributed by atoms with Crippen LogP contribution in [-0.2, 0) is 9.53 Å². The summed E-state index contributed by atoms with van der Waals surface area (Å²) in [5, 5.41) is 1.09. The molecule has 1 rings (SSSR count). The van der Waals surface area contributed by atoms with Gasteiger partial charge in [-0.05, 0) is 24.6 Å². The Morgan fingerprint density at radius 3 is 2.63 bits per heavy atom. The third kappa shape index (κ3) is 4.08. The van der Waals surface area contributed by atoms with Crippen molar-refractivity contribution in [3.63, 3.8) is 0 Å². The highest BCUT2D eigenvalue weighted by molar-refractivity contribution is 6.35. The highest BCUT2D eigenvalue weighted by Crippen LogP contribution is 2.29. The van der Waals surface area contributed by atoms with Crippen molar-refractivity contribution in [1.29, 1.82) is 0 Å². The average molecular weight is 305 g/mol. The molecular weight excluding hydrogens is 287 g/mol. The van der Waals surface area contributed by atoms with E-state index in [2.05, 4.69) is 0 Å². The molecule has 0 fully saturated rings. The predicted octanol–water partition coefficient (Wildman–Crippen LogP) is 2.49. The van der Waals surface area contributed by atoms with Gasteiger partial charge >= 0.3 is 0 Å². The molecule has 0 saturated heterocycles. The summed E-state index contributed by atoms with van der Waals surface area (Å²) in [6.07, 6.45) is 0. The largest absolute Gasteiger partial charge is 0.383 e. The van der Waals surface area contributed by atoms with Crippen molar-refractivity contribution in [3.05, 3.63) is 33.8 Å². The first-order valence-electron chi connectivity index (χ1n) is 5.84. The Hall–Kier alpha value is -0.810. The van der Waals surface area contributed by atoms with Gasteiger partial charge in [0, 0.05) is 24.2 Å². The summed E-state index contributed by atoms with van der Waals surface area (Å²) in [4.78, 5) is 13.6. The van der Waals surface area contributed by atoms with Crippen molar-refractivity contribution in [1.82, 2.24) is 4.90 Å². The van der Waals surface area contributed by atoms with E-state index in [-0.39, 0.29) is 18.6 Å². The molecule has 0 spiro atoms. The van der Waals surface area contributed by atoms with Crippen LogP contribution in [0.1, 0.15) is 18.5 Å². The zero-order chi connectivity index (χ0) is 14.6. The molecule has 0 aliphatic heterocycles. The summed E-state index contributed by atoms with van der Waals surface area (Å²) in [5.74, 6) is -0.194. The molecule has 0 radical (unpaired) electrons. The van der Waals surface area contributed by atoms with Crippen LogP contribution >= 0.6 is 23.2 Å². The predicted molar refractivity (Wildman–Crippen MR) is 77.5 cm³/mol. The minimum absolute atomic E-state index is 0.185. The van der Waals surface area contributed by atoms with Crippen molar-refractivity contribution in [2.45, 2.75) is 19.0 Å². The Morgan fingerprint density at radius 2 is 2.11 bits per heavy atom. The number of ether oxygens (including phenoxy) is 1. The number of carbonyl (C=O) groups excluding carboxylic acids is 1. The van der Waals surface area contributed by atoms with Crippen LogP contribution in [0.25, 0.3) is 0 Å². The highest BCUT2D eigenvalue weighted by Gasteiger charge is 2.24. The maximum Gasteiger partial charge on any atom is 0.242 e. The van der Waals surface area contributed by atoms with E-state index in [4.69, 9.17) is 33.7 Å². The second-order valence-corrected chi connectivity index (χ2v) is 5.20. The summed E-state index contributed by atoms with van der Waals surface area (Å²) in [6.45, 7) is 2.07. The van der Waals surface area contributed by atoms with Gasteiger partial charge in [-0.1, -0.05) is 29.3 Å². The van der Waals surface area contributed by atoms with Crippen LogP contribution in [0.5, 0.6) is 0 Å². The van der Waals surface area contributed by atoms with E-state index in [9.17, 15) is 4.79 Å². The molecule has 2 N–H and O–H groups in total. The number of hydrogen-bond acceptors (Lipinski definition) is 3. The van der Waals surface area contributed by atoms with E-state index in [1.807, 2.05) is 6.92 Å². The smallest absolute Gasteiger partial charge is 0.242 e. The Bertz CT molecular complexity index is 454. The molecule has 0 heterocycles. The lowest BCUT2D eigenvalue weighted by Gasteiger charge is -2.28. The number of carbonyl (C=O) groups is 1. The first-order chi connectivity index (χ1) is 8.88. The van der Waals surface area contributed by atoms with E-state index in [1.165, 1.54) is 7.11 Å². The lowest BCUT2D eigenvalue weighted by atomic mass is 10.1. The third-order valence-electron chi connectivity index (χ3n) is 3.00. The minimum Gasteiger partial charge on any atom is -0.383 e. The molecule has 106 valence electrons. The van der Waals surface area contributed by atoms with Gasteiger partial charge in [-0.25, -0.2) is 0 Å². The number of nitrogens with zero attached hydrogens (tertiary/aromatic N) is 1. The SMILES string of the molecule is COCC(N)C(=O)N(C)C(C)c1ccc(Cl)cc1Cl. The molecular formula is C13H18Cl2N2O2. The maximum absolute atomic E-state index is 12.1. The first-order valence-corrected chi connectivity index (χ1v) is 6.60. The molecule has 0 aromatic heterocycles. The topological polar surface area (TPSA) is 55.6 Å². The Labute approximate surface area is 123 Å². The van der Waals surface area contributed by atoms with E-state index in [0.29, 0.717) is 10.0 Å². The van der Waals surface area contributed by atoms with Gasteiger partial charge in [0.1, 0.15) is 6.04 Å². The summed E-state index contributed by atoms with van der Waals surface area (Å²) in [7, 11) is 3.19. The summed E-state index contributed by atoms with van der Waals surface area (Å²) < 4.78 is 4.88. The molecule has 0 aliphatic carbocycles. The fourth-order valence-electron chi connectivity index (χ4n) is 1.75. The van der Waals surface area contributed by atoms with Crippen molar-refractivity contribution in [3.8, 4) is 0 Å². The fraction of sp³-hybridized carbons (Fsp3) is 0.462. The number of hydrogen-bond donors (Lipinski definition) is 1. The standard InChI is InChI=1S/C13H18Cl2N2O2/c1-8(10-5-4-9(14)6-11(10)15)17(2)13(18)12(16)7-19-3/h4-6,8,12H,7,16H2,1-3H3. The average Bonchev–Trinajstić information content (AvgIpc) is 2.36. The van der Waals surface area contributed by atoms with Crippen LogP contribution in [-0.4, -0.2) is 37.6 Å². The summed E-state index contributed by atoms with van der Waals surface area (Å²) >= 11 is 12.0. The van der Waals surface area contributed by atoms with Gasteiger partial charge < -0.3 is 15.4 Å². The monoisotopic (exact) mass is 304 g/mol. The van der Waals surface area contributed by atoms with Gasteiger partial charge in [0.15, 0.2) is 0 Å². The number of nitrogens with two attached hydrogens (primary N) is 1. The van der Waals surface area contributed by atoms with Crippen molar-refractivity contribution in [2.75, 3.05) is 20.8 Å². The molecule has 0 saturated carbocycles. The summed E-state index contributed by atoms with van der Waals surface area (Å²) in [6, 6.07) is 4.33. The molecule has 1 amide bonds. The number of methoxy groups -OCH3 is 1. The van der Waals surface area contributed by atoms with Crippen LogP contribution in [0.3, 0.4) is 0 Å². The normalized spacial score (nSPS) is 14.0. The van der Waals surface area contributed by atoms with Gasteiger partial charge in [-0.15, -0.1) is 0 Å². The van der Waals surface area contributed by atoms with Crippen LogP contribution in [0, 0.1) is 0 Å². The molecule has 1 aromatic carbocycles. The third-order valence-corrected chi connectivity index (χ3v) is 3.57. The lowest BCUT2D eigenvalue weighted by Crippen LogP contribution is -2.45. The second kappa shape index (κ2) is 7.10. The molecule has 1 aromatic rings. The first kappa shape index (κ1) is 16.2. The maximum atomic E-state index is 12.1. The Balaban J connectivity index is 2.87. The highest BCUT2D eigenvalue weighted by atomic mass is 35.5. The van der Waals surface area contributed by atoms with Gasteiger partial charge in [-0.2, -0.15) is 0 Å². The van der Waals surface area contributed by atoms with Crippen LogP contribution < -0.4 is 5.73 Å². The van der Waals surface area contributed by atoms with Crippen molar-refractivity contribution in [2.24, 2.45) is 5.73 Å². The quantitative estimate of drug-likeness (QED) is 0.909. The van der Waals surface area contributed by atoms with Gasteiger partial charge in [0.05, 0.1) is 12.6 Å². The lowest BCUT2D eigenvalue weighted by molar-refractivity contribution is -0.134. The molecule has 2 unspecified atom stereocenters. The van der Waals surface area contributed by atoms with Gasteiger partial charge in [0.25, 0.3) is 0 Å². The number of likely N-dealkylation sites (N-methyl/N-ethyl adjacent to an activating group) is 1. The molecule has 0 aliphatic rings. The van der Waals surface area contributed by atoms with E-state index in [0.717, 1.165) is 5.56 Å². The number of amides is 1. The zero-order valence-corrected chi connectivity index (χ0v) is 12.7. The minimum atomic E-state index is -0.677. The van der Waals surface area contributed by atoms with Crippen LogP contribution in [0.4, 0.5) is 0 Å². The molecule has 6 heteroatoms. The summed E-state index contributed by atoms with van der Waals surface area (Å²) in [5.41, 5.74) is 6.56. The van der Waals surface area contributed by atoms with Crippen molar-refractivity contribution >= 4 is 29.1 Å². The molecule has 0 bridgehead atoms. The number of rotatable bonds is 5. The van der Waals surface area contributed by atoms with Crippen LogP contribution in [0.15, 0.2) is 18.2 Å². The number of benzene rings is 1. The molecule has 4 nitrogen and oxygen atoms in total.